The molecule has 5 heteroatoms. The van der Waals surface area contributed by atoms with Gasteiger partial charge in [-0.3, -0.25) is 0 Å². The van der Waals surface area contributed by atoms with E-state index in [1.54, 1.807) is 0 Å². The Morgan fingerprint density at radius 2 is 1.44 bits per heavy atom. The van der Waals surface area contributed by atoms with E-state index in [4.69, 9.17) is 15.1 Å². The Labute approximate surface area is 68.4 Å². The monoisotopic (exact) mass is 126 g/mol. The molecular formula is C4H12BLiO3. The molecule has 0 aliphatic carbocycles. The maximum Gasteiger partial charge on any atom is 1.00 e. The van der Waals surface area contributed by atoms with Gasteiger partial charge in [-0.05, 0) is 0 Å². The predicted octanol–water partition coefficient (Wildman–Crippen LogP) is -3.43. The minimum absolute atomic E-state index is 0. The summed E-state index contributed by atoms with van der Waals surface area (Å²) < 4.78 is 0. The Morgan fingerprint density at radius 3 is 1.44 bits per heavy atom. The minimum Gasteiger partial charge on any atom is -0.402 e. The van der Waals surface area contributed by atoms with Gasteiger partial charge in [-0.15, -0.1) is 0 Å². The van der Waals surface area contributed by atoms with Crippen molar-refractivity contribution in [3.63, 3.8) is 0 Å². The van der Waals surface area contributed by atoms with Gasteiger partial charge < -0.3 is 21.5 Å². The minimum atomic E-state index is -2.17. The zero-order valence-corrected chi connectivity index (χ0v) is 6.20. The smallest absolute Gasteiger partial charge is 0.402 e. The van der Waals surface area contributed by atoms with Crippen molar-refractivity contribution in [2.75, 3.05) is 0 Å². The van der Waals surface area contributed by atoms with Gasteiger partial charge in [0, 0.05) is 0 Å². The zero-order chi connectivity index (χ0) is 6.99. The molecule has 0 unspecified atom stereocenters. The standard InChI is InChI=1S/C4H9.BH3O3.Li/c1-3-4-2;2-1(3)4;/h3H,4H2,1-2H3;2-4H;/q-1;;+1. The van der Waals surface area contributed by atoms with Crippen molar-refractivity contribution in [3.05, 3.63) is 6.42 Å². The third kappa shape index (κ3) is 154. The molecular weight excluding hydrogens is 114 g/mol. The van der Waals surface area contributed by atoms with Gasteiger partial charge in [0.15, 0.2) is 0 Å². The van der Waals surface area contributed by atoms with Crippen molar-refractivity contribution in [1.29, 1.82) is 0 Å². The normalized spacial score (nSPS) is 6.33. The molecule has 0 fully saturated rings. The number of hydrogen-bond donors (Lipinski definition) is 3. The van der Waals surface area contributed by atoms with Gasteiger partial charge in [-0.25, -0.2) is 0 Å². The van der Waals surface area contributed by atoms with E-state index in [-0.39, 0.29) is 18.9 Å². The summed E-state index contributed by atoms with van der Waals surface area (Å²) >= 11 is 0. The first-order valence-corrected chi connectivity index (χ1v) is 2.47. The van der Waals surface area contributed by atoms with Crippen LogP contribution in [0.15, 0.2) is 0 Å². The molecule has 3 N–H and O–H groups in total. The average molecular weight is 126 g/mol. The summed E-state index contributed by atoms with van der Waals surface area (Å²) in [4.78, 5) is 0. The molecule has 0 amide bonds. The first-order valence-electron chi connectivity index (χ1n) is 2.47. The molecule has 0 saturated carbocycles. The van der Waals surface area contributed by atoms with Crippen LogP contribution in [0.4, 0.5) is 0 Å². The van der Waals surface area contributed by atoms with Gasteiger partial charge in [0.25, 0.3) is 0 Å². The summed E-state index contributed by atoms with van der Waals surface area (Å²) in [5.41, 5.74) is 0. The van der Waals surface area contributed by atoms with Crippen molar-refractivity contribution in [1.82, 2.24) is 0 Å². The van der Waals surface area contributed by atoms with Gasteiger partial charge in [0.05, 0.1) is 0 Å². The third-order valence-corrected chi connectivity index (χ3v) is 0.408. The fraction of sp³-hybridized carbons (Fsp3) is 0.750. The van der Waals surface area contributed by atoms with Crippen LogP contribution in [-0.2, 0) is 0 Å². The maximum atomic E-state index is 7.17. The molecule has 0 aromatic rings. The van der Waals surface area contributed by atoms with E-state index < -0.39 is 7.32 Å². The fourth-order valence-corrected chi connectivity index (χ4v) is 0. The molecule has 9 heavy (non-hydrogen) atoms. The summed E-state index contributed by atoms with van der Waals surface area (Å²) in [6.45, 7) is 4.18. The van der Waals surface area contributed by atoms with E-state index in [9.17, 15) is 0 Å². The first kappa shape index (κ1) is 16.3. The third-order valence-electron chi connectivity index (χ3n) is 0.408. The summed E-state index contributed by atoms with van der Waals surface area (Å²) in [5, 5.41) is 21.5. The van der Waals surface area contributed by atoms with E-state index >= 15 is 0 Å². The molecule has 0 aliphatic heterocycles. The molecule has 0 aromatic heterocycles. The van der Waals surface area contributed by atoms with Crippen LogP contribution in [0.5, 0.6) is 0 Å². The van der Waals surface area contributed by atoms with Crippen LogP contribution < -0.4 is 18.9 Å². The van der Waals surface area contributed by atoms with E-state index in [1.165, 1.54) is 6.42 Å². The number of rotatable bonds is 1. The van der Waals surface area contributed by atoms with Gasteiger partial charge in [0.1, 0.15) is 0 Å². The summed E-state index contributed by atoms with van der Waals surface area (Å²) in [6, 6.07) is 0. The van der Waals surface area contributed by atoms with Crippen LogP contribution in [0.3, 0.4) is 0 Å². The Balaban J connectivity index is -0.0000000720. The van der Waals surface area contributed by atoms with Crippen LogP contribution in [0.2, 0.25) is 0 Å². The van der Waals surface area contributed by atoms with E-state index in [0.717, 1.165) is 0 Å². The second kappa shape index (κ2) is 15.8. The second-order valence-electron chi connectivity index (χ2n) is 1.16. The van der Waals surface area contributed by atoms with Crippen LogP contribution >= 0.6 is 0 Å². The number of hydrogen-bond acceptors (Lipinski definition) is 3. The summed E-state index contributed by atoms with van der Waals surface area (Å²) in [7, 11) is -2.17. The second-order valence-corrected chi connectivity index (χ2v) is 1.16. The van der Waals surface area contributed by atoms with Crippen LogP contribution in [0.1, 0.15) is 20.3 Å². The van der Waals surface area contributed by atoms with Crippen LogP contribution in [0.25, 0.3) is 0 Å². The Kier molecular flexibility index (Phi) is 28.6. The van der Waals surface area contributed by atoms with E-state index in [0.29, 0.717) is 0 Å². The average Bonchev–Trinajstić information content (AvgIpc) is 1.65. The molecule has 3 nitrogen and oxygen atoms in total. The first-order chi connectivity index (χ1) is 3.65. The molecule has 0 rings (SSSR count). The summed E-state index contributed by atoms with van der Waals surface area (Å²) in [5.74, 6) is 0. The van der Waals surface area contributed by atoms with Gasteiger partial charge in [-0.1, -0.05) is 6.92 Å². The molecule has 50 valence electrons. The van der Waals surface area contributed by atoms with Gasteiger partial charge >= 0.3 is 26.2 Å². The molecule has 0 heterocycles. The van der Waals surface area contributed by atoms with E-state index in [2.05, 4.69) is 20.3 Å². The van der Waals surface area contributed by atoms with Crippen molar-refractivity contribution in [2.45, 2.75) is 20.3 Å². The fourth-order valence-electron chi connectivity index (χ4n) is 0. The molecule has 0 atom stereocenters. The molecule has 0 bridgehead atoms. The van der Waals surface area contributed by atoms with Crippen molar-refractivity contribution < 1.29 is 33.9 Å². The Morgan fingerprint density at radius 1 is 1.33 bits per heavy atom. The summed E-state index contributed by atoms with van der Waals surface area (Å²) in [6.07, 6.45) is 3.32. The van der Waals surface area contributed by atoms with Crippen LogP contribution in [-0.4, -0.2) is 22.4 Å². The quantitative estimate of drug-likeness (QED) is 0.253. The van der Waals surface area contributed by atoms with Crippen LogP contribution in [0, 0.1) is 6.42 Å². The van der Waals surface area contributed by atoms with Crippen molar-refractivity contribution in [2.24, 2.45) is 0 Å². The van der Waals surface area contributed by atoms with Gasteiger partial charge in [-0.2, -0.15) is 13.3 Å². The molecule has 0 aromatic carbocycles. The zero-order valence-electron chi connectivity index (χ0n) is 6.20. The number of unbranched alkanes of at least 4 members (excludes halogenated alkanes) is 1. The SMILES string of the molecule is C[CH-]CC.OB(O)O.[Li+]. The molecule has 0 radical (unpaired) electrons. The van der Waals surface area contributed by atoms with Gasteiger partial charge in [0.2, 0.25) is 0 Å². The van der Waals surface area contributed by atoms with Crippen molar-refractivity contribution >= 4 is 7.32 Å². The van der Waals surface area contributed by atoms with Crippen molar-refractivity contribution in [3.8, 4) is 0 Å². The predicted molar refractivity (Wildman–Crippen MR) is 32.7 cm³/mol. The Hall–Kier alpha value is 0.542. The maximum absolute atomic E-state index is 7.17. The van der Waals surface area contributed by atoms with E-state index in [1.807, 2.05) is 0 Å². The molecule has 0 aliphatic rings. The Bertz CT molecular complexity index is 32.2. The topological polar surface area (TPSA) is 60.7 Å². The largest absolute Gasteiger partial charge is 1.00 e. The molecule has 0 spiro atoms. The molecule has 0 saturated heterocycles.